The van der Waals surface area contributed by atoms with E-state index in [1.54, 1.807) is 6.08 Å². The Morgan fingerprint density at radius 2 is 1.96 bits per heavy atom. The molecule has 3 aliphatic rings. The second-order valence-electron chi connectivity index (χ2n) is 7.77. The van der Waals surface area contributed by atoms with Gasteiger partial charge in [-0.3, -0.25) is 14.9 Å². The third kappa shape index (κ3) is 4.36. The van der Waals surface area contributed by atoms with Crippen LogP contribution in [-0.2, 0) is 4.79 Å². The van der Waals surface area contributed by atoms with Gasteiger partial charge in [0, 0.05) is 24.7 Å². The third-order valence-electron chi connectivity index (χ3n) is 5.58. The molecule has 3 N–H and O–H groups in total. The lowest BCUT2D eigenvalue weighted by atomic mass is 9.97. The fraction of sp³-hybridized carbons (Fsp3) is 0.524. The van der Waals surface area contributed by atoms with Gasteiger partial charge in [0.2, 0.25) is 0 Å². The summed E-state index contributed by atoms with van der Waals surface area (Å²) in [5.74, 6) is 0.514. The maximum Gasteiger partial charge on any atom is 0.290 e. The molecule has 0 spiro atoms. The quantitative estimate of drug-likeness (QED) is 0.749. The monoisotopic (exact) mass is 401 g/mol. The number of benzene rings is 1. The highest BCUT2D eigenvalue weighted by molar-refractivity contribution is 8.18. The van der Waals surface area contributed by atoms with Crippen molar-refractivity contribution >= 4 is 34.7 Å². The number of nitrogens with zero attached hydrogens (tertiary/aromatic N) is 1. The first-order chi connectivity index (χ1) is 13.6. The highest BCUT2D eigenvalue weighted by Gasteiger charge is 2.28. The molecule has 2 amide bonds. The zero-order chi connectivity index (χ0) is 19.5. The zero-order valence-corrected chi connectivity index (χ0v) is 16.8. The fourth-order valence-corrected chi connectivity index (χ4v) is 4.90. The molecule has 1 aromatic carbocycles. The predicted octanol–water partition coefficient (Wildman–Crippen LogP) is 3.65. The van der Waals surface area contributed by atoms with E-state index < -0.39 is 0 Å². The summed E-state index contributed by atoms with van der Waals surface area (Å²) < 4.78 is 6.44. The number of amides is 2. The normalized spacial score (nSPS) is 25.2. The van der Waals surface area contributed by atoms with E-state index in [2.05, 4.69) is 10.2 Å². The molecule has 7 heteroatoms. The molecule has 1 unspecified atom stereocenters. The van der Waals surface area contributed by atoms with Crippen LogP contribution in [0.2, 0.25) is 0 Å². The van der Waals surface area contributed by atoms with Crippen LogP contribution in [0.25, 0.3) is 6.08 Å². The molecule has 3 fully saturated rings. The molecule has 0 radical (unpaired) electrons. The molecular formula is C21H27N3O3S. The van der Waals surface area contributed by atoms with E-state index in [1.807, 2.05) is 18.2 Å². The number of piperidine rings is 1. The number of thioether (sulfide) groups is 1. The molecule has 1 saturated carbocycles. The predicted molar refractivity (Wildman–Crippen MR) is 112 cm³/mol. The lowest BCUT2D eigenvalue weighted by molar-refractivity contribution is -0.115. The number of nitrogens with two attached hydrogens (primary N) is 1. The SMILES string of the molecule is NC1CCCN(c2c(C=C3SC(=O)NC3=O)cccc2OC2CCCCC2)C1. The van der Waals surface area contributed by atoms with Crippen molar-refractivity contribution in [3.63, 3.8) is 0 Å². The first-order valence-corrected chi connectivity index (χ1v) is 11.0. The summed E-state index contributed by atoms with van der Waals surface area (Å²) in [4.78, 5) is 26.3. The molecule has 6 nitrogen and oxygen atoms in total. The van der Waals surface area contributed by atoms with Gasteiger partial charge in [-0.25, -0.2) is 0 Å². The van der Waals surface area contributed by atoms with Gasteiger partial charge in [0.1, 0.15) is 5.75 Å². The number of imide groups is 1. The topological polar surface area (TPSA) is 84.7 Å². The molecule has 2 heterocycles. The minimum absolute atomic E-state index is 0.128. The van der Waals surface area contributed by atoms with Crippen LogP contribution < -0.4 is 20.7 Å². The summed E-state index contributed by atoms with van der Waals surface area (Å²) in [6.45, 7) is 1.67. The van der Waals surface area contributed by atoms with Gasteiger partial charge in [0.05, 0.1) is 16.7 Å². The highest BCUT2D eigenvalue weighted by Crippen LogP contribution is 2.39. The summed E-state index contributed by atoms with van der Waals surface area (Å²) in [6.07, 6.45) is 9.93. The maximum atomic E-state index is 12.0. The van der Waals surface area contributed by atoms with Gasteiger partial charge in [-0.05, 0) is 62.4 Å². The Hall–Kier alpha value is -1.99. The number of hydrogen-bond acceptors (Lipinski definition) is 6. The van der Waals surface area contributed by atoms with E-state index in [4.69, 9.17) is 10.5 Å². The molecule has 1 aliphatic carbocycles. The van der Waals surface area contributed by atoms with E-state index in [9.17, 15) is 9.59 Å². The van der Waals surface area contributed by atoms with Crippen molar-refractivity contribution in [1.82, 2.24) is 5.32 Å². The zero-order valence-electron chi connectivity index (χ0n) is 16.0. The number of hydrogen-bond donors (Lipinski definition) is 2. The summed E-state index contributed by atoms with van der Waals surface area (Å²) >= 11 is 0.943. The fourth-order valence-electron chi connectivity index (χ4n) is 4.23. The van der Waals surface area contributed by atoms with Crippen LogP contribution in [0.5, 0.6) is 5.75 Å². The van der Waals surface area contributed by atoms with E-state index in [-0.39, 0.29) is 23.3 Å². The van der Waals surface area contributed by atoms with Crippen LogP contribution in [-0.4, -0.2) is 36.4 Å². The molecule has 2 aliphatic heterocycles. The second-order valence-corrected chi connectivity index (χ2v) is 8.79. The van der Waals surface area contributed by atoms with Gasteiger partial charge < -0.3 is 15.4 Å². The third-order valence-corrected chi connectivity index (χ3v) is 6.39. The van der Waals surface area contributed by atoms with Crippen molar-refractivity contribution in [3.8, 4) is 5.75 Å². The Morgan fingerprint density at radius 1 is 1.14 bits per heavy atom. The van der Waals surface area contributed by atoms with E-state index in [1.165, 1.54) is 19.3 Å². The van der Waals surface area contributed by atoms with Crippen molar-refractivity contribution in [2.24, 2.45) is 5.73 Å². The Bertz CT molecular complexity index is 789. The van der Waals surface area contributed by atoms with Crippen molar-refractivity contribution in [2.75, 3.05) is 18.0 Å². The van der Waals surface area contributed by atoms with Crippen LogP contribution in [0, 0.1) is 0 Å². The van der Waals surface area contributed by atoms with Crippen LogP contribution in [0.3, 0.4) is 0 Å². The van der Waals surface area contributed by atoms with Crippen LogP contribution in [0.1, 0.15) is 50.5 Å². The summed E-state index contributed by atoms with van der Waals surface area (Å²) in [6, 6.07) is 6.08. The first kappa shape index (κ1) is 19.3. The van der Waals surface area contributed by atoms with Gasteiger partial charge in [-0.1, -0.05) is 18.6 Å². The van der Waals surface area contributed by atoms with Crippen LogP contribution >= 0.6 is 11.8 Å². The molecule has 0 aromatic heterocycles. The van der Waals surface area contributed by atoms with Gasteiger partial charge >= 0.3 is 0 Å². The maximum absolute atomic E-state index is 12.0. The Kier molecular flexibility index (Phi) is 5.92. The Morgan fingerprint density at radius 3 is 2.68 bits per heavy atom. The number of rotatable bonds is 4. The minimum atomic E-state index is -0.338. The highest BCUT2D eigenvalue weighted by atomic mass is 32.2. The van der Waals surface area contributed by atoms with Crippen molar-refractivity contribution < 1.29 is 14.3 Å². The van der Waals surface area contributed by atoms with E-state index in [0.29, 0.717) is 4.91 Å². The molecule has 1 aromatic rings. The largest absolute Gasteiger partial charge is 0.488 e. The number of anilines is 1. The molecule has 4 rings (SSSR count). The second kappa shape index (κ2) is 8.57. The van der Waals surface area contributed by atoms with Gasteiger partial charge in [0.25, 0.3) is 11.1 Å². The van der Waals surface area contributed by atoms with Crippen molar-refractivity contribution in [1.29, 1.82) is 0 Å². The summed E-state index contributed by atoms with van der Waals surface area (Å²) in [5.41, 5.74) is 8.13. The minimum Gasteiger partial charge on any atom is -0.488 e. The summed E-state index contributed by atoms with van der Waals surface area (Å²) in [7, 11) is 0. The van der Waals surface area contributed by atoms with E-state index in [0.717, 1.165) is 67.5 Å². The Labute approximate surface area is 169 Å². The molecule has 0 bridgehead atoms. The average molecular weight is 402 g/mol. The molecule has 150 valence electrons. The number of ether oxygens (including phenoxy) is 1. The molecule has 28 heavy (non-hydrogen) atoms. The van der Waals surface area contributed by atoms with Gasteiger partial charge in [-0.15, -0.1) is 0 Å². The number of carbonyl (C=O) groups is 2. The summed E-state index contributed by atoms with van der Waals surface area (Å²) in [5, 5.41) is 2.00. The number of para-hydroxylation sites is 1. The standard InChI is InChI=1S/C21H27N3O3S/c22-15-7-5-11-24(13-15)19-14(12-18-20(25)23-21(26)28-18)6-4-10-17(19)27-16-8-2-1-3-9-16/h4,6,10,12,15-16H,1-3,5,7-9,11,13,22H2,(H,23,25,26). The average Bonchev–Trinajstić information content (AvgIpc) is 3.00. The Balaban J connectivity index is 1.70. The lowest BCUT2D eigenvalue weighted by Gasteiger charge is -2.35. The smallest absolute Gasteiger partial charge is 0.290 e. The van der Waals surface area contributed by atoms with Crippen molar-refractivity contribution in [3.05, 3.63) is 28.7 Å². The molecule has 2 saturated heterocycles. The number of nitrogens with one attached hydrogen (secondary N) is 1. The van der Waals surface area contributed by atoms with Crippen LogP contribution in [0.4, 0.5) is 10.5 Å². The van der Waals surface area contributed by atoms with Crippen molar-refractivity contribution in [2.45, 2.75) is 57.1 Å². The van der Waals surface area contributed by atoms with E-state index >= 15 is 0 Å². The van der Waals surface area contributed by atoms with Gasteiger partial charge in [-0.2, -0.15) is 0 Å². The molecular weight excluding hydrogens is 374 g/mol. The van der Waals surface area contributed by atoms with Gasteiger partial charge in [0.15, 0.2) is 0 Å². The van der Waals surface area contributed by atoms with Crippen LogP contribution in [0.15, 0.2) is 23.1 Å². The lowest BCUT2D eigenvalue weighted by Crippen LogP contribution is -2.43. The number of carbonyl (C=O) groups excluding carboxylic acids is 2. The molecule has 1 atom stereocenters. The first-order valence-electron chi connectivity index (χ1n) is 10.2.